The van der Waals surface area contributed by atoms with E-state index in [9.17, 15) is 9.59 Å². The molecule has 2 rings (SSSR count). The Morgan fingerprint density at radius 2 is 2.15 bits per heavy atom. The molecule has 0 saturated carbocycles. The lowest BCUT2D eigenvalue weighted by atomic mass is 10.3. The zero-order chi connectivity index (χ0) is 14.5. The predicted octanol–water partition coefficient (Wildman–Crippen LogP) is 0.636. The van der Waals surface area contributed by atoms with E-state index in [2.05, 4.69) is 10.6 Å². The highest BCUT2D eigenvalue weighted by atomic mass is 16.7. The summed E-state index contributed by atoms with van der Waals surface area (Å²) in [6, 6.07) is 3.11. The molecule has 8 nitrogen and oxygen atoms in total. The van der Waals surface area contributed by atoms with Crippen molar-refractivity contribution in [3.05, 3.63) is 18.2 Å². The molecule has 0 saturated heterocycles. The van der Waals surface area contributed by atoms with Gasteiger partial charge in [-0.25, -0.2) is 9.59 Å². The van der Waals surface area contributed by atoms with E-state index in [1.165, 1.54) is 7.11 Å². The van der Waals surface area contributed by atoms with Crippen molar-refractivity contribution < 1.29 is 28.9 Å². The fourth-order valence-electron chi connectivity index (χ4n) is 1.64. The first-order valence-corrected chi connectivity index (χ1v) is 5.79. The molecule has 1 aliphatic rings. The third kappa shape index (κ3) is 3.29. The molecule has 0 aromatic heterocycles. The number of amides is 2. The number of ether oxygens (including phenoxy) is 3. The highest BCUT2D eigenvalue weighted by Crippen LogP contribution is 2.34. The molecular formula is C12H14N2O6. The maximum Gasteiger partial charge on any atom is 0.328 e. The van der Waals surface area contributed by atoms with E-state index in [0.29, 0.717) is 17.2 Å². The summed E-state index contributed by atoms with van der Waals surface area (Å²) >= 11 is 0. The number of carbonyl (C=O) groups is 2. The van der Waals surface area contributed by atoms with E-state index in [1.54, 1.807) is 18.2 Å². The van der Waals surface area contributed by atoms with Crippen LogP contribution in [0.3, 0.4) is 0 Å². The Kier molecular flexibility index (Phi) is 4.26. The quantitative estimate of drug-likeness (QED) is 0.731. The molecule has 0 spiro atoms. The van der Waals surface area contributed by atoms with Gasteiger partial charge in [0, 0.05) is 18.9 Å². The van der Waals surface area contributed by atoms with Gasteiger partial charge in [-0.05, 0) is 12.1 Å². The molecule has 1 heterocycles. The fourth-order valence-corrected chi connectivity index (χ4v) is 1.64. The summed E-state index contributed by atoms with van der Waals surface area (Å²) in [5, 5.41) is 13.7. The van der Waals surface area contributed by atoms with Crippen molar-refractivity contribution in [1.29, 1.82) is 0 Å². The monoisotopic (exact) mass is 282 g/mol. The number of hydrogen-bond acceptors (Lipinski definition) is 5. The van der Waals surface area contributed by atoms with E-state index in [1.807, 2.05) is 0 Å². The van der Waals surface area contributed by atoms with Crippen molar-refractivity contribution in [3.63, 3.8) is 0 Å². The molecule has 0 bridgehead atoms. The van der Waals surface area contributed by atoms with Gasteiger partial charge in [-0.2, -0.15) is 0 Å². The summed E-state index contributed by atoms with van der Waals surface area (Å²) in [7, 11) is 1.35. The van der Waals surface area contributed by atoms with Gasteiger partial charge >= 0.3 is 12.0 Å². The number of aliphatic carboxylic acids is 1. The molecule has 8 heteroatoms. The van der Waals surface area contributed by atoms with Crippen molar-refractivity contribution in [2.75, 3.05) is 25.8 Å². The minimum atomic E-state index is -1.17. The first-order chi connectivity index (χ1) is 9.60. The Bertz CT molecular complexity index is 519. The molecule has 3 N–H and O–H groups in total. The van der Waals surface area contributed by atoms with E-state index in [4.69, 9.17) is 19.3 Å². The van der Waals surface area contributed by atoms with Crippen molar-refractivity contribution in [1.82, 2.24) is 5.32 Å². The maximum absolute atomic E-state index is 11.7. The molecule has 20 heavy (non-hydrogen) atoms. The largest absolute Gasteiger partial charge is 0.480 e. The Hall–Kier alpha value is -2.48. The number of carboxylic acids is 1. The first kappa shape index (κ1) is 13.9. The number of benzene rings is 1. The van der Waals surface area contributed by atoms with Crippen LogP contribution in [0.1, 0.15) is 0 Å². The SMILES string of the molecule is COCC(NC(=O)Nc1ccc2c(c1)OCO2)C(=O)O. The van der Waals surface area contributed by atoms with E-state index in [-0.39, 0.29) is 13.4 Å². The number of carbonyl (C=O) groups excluding carboxylic acids is 1. The summed E-state index contributed by atoms with van der Waals surface area (Å²) in [5.41, 5.74) is 0.466. The zero-order valence-corrected chi connectivity index (χ0v) is 10.7. The van der Waals surface area contributed by atoms with Gasteiger partial charge in [-0.15, -0.1) is 0 Å². The molecule has 0 radical (unpaired) electrons. The van der Waals surface area contributed by atoms with E-state index >= 15 is 0 Å². The summed E-state index contributed by atoms with van der Waals surface area (Å²) < 4.78 is 15.0. The van der Waals surface area contributed by atoms with Gasteiger partial charge in [0.2, 0.25) is 6.79 Å². The minimum Gasteiger partial charge on any atom is -0.480 e. The van der Waals surface area contributed by atoms with Crippen LogP contribution in [0.4, 0.5) is 10.5 Å². The van der Waals surface area contributed by atoms with Gasteiger partial charge in [0.1, 0.15) is 0 Å². The molecular weight excluding hydrogens is 268 g/mol. The van der Waals surface area contributed by atoms with Gasteiger partial charge < -0.3 is 30.0 Å². The Morgan fingerprint density at radius 1 is 1.40 bits per heavy atom. The molecule has 1 aromatic carbocycles. The van der Waals surface area contributed by atoms with Crippen molar-refractivity contribution in [2.24, 2.45) is 0 Å². The number of fused-ring (bicyclic) bond motifs is 1. The van der Waals surface area contributed by atoms with Crippen LogP contribution >= 0.6 is 0 Å². The average molecular weight is 282 g/mol. The highest BCUT2D eigenvalue weighted by molar-refractivity contribution is 5.92. The van der Waals surface area contributed by atoms with Gasteiger partial charge in [0.25, 0.3) is 0 Å². The van der Waals surface area contributed by atoms with Crippen LogP contribution in [0.2, 0.25) is 0 Å². The van der Waals surface area contributed by atoms with Crippen molar-refractivity contribution in [3.8, 4) is 11.5 Å². The van der Waals surface area contributed by atoms with Crippen LogP contribution in [-0.2, 0) is 9.53 Å². The number of anilines is 1. The number of carboxylic acid groups (broad SMARTS) is 1. The lowest BCUT2D eigenvalue weighted by Gasteiger charge is -2.14. The van der Waals surface area contributed by atoms with E-state index < -0.39 is 18.0 Å². The molecule has 1 atom stereocenters. The fraction of sp³-hybridized carbons (Fsp3) is 0.333. The van der Waals surface area contributed by atoms with Crippen LogP contribution in [0.15, 0.2) is 18.2 Å². The smallest absolute Gasteiger partial charge is 0.328 e. The molecule has 108 valence electrons. The van der Waals surface area contributed by atoms with Crippen LogP contribution in [0.5, 0.6) is 11.5 Å². The highest BCUT2D eigenvalue weighted by Gasteiger charge is 2.20. The molecule has 1 aromatic rings. The molecule has 2 amide bonds. The molecule has 0 fully saturated rings. The van der Waals surface area contributed by atoms with Crippen LogP contribution in [0.25, 0.3) is 0 Å². The second-order valence-electron chi connectivity index (χ2n) is 4.01. The van der Waals surface area contributed by atoms with Crippen LogP contribution in [0, 0.1) is 0 Å². The molecule has 1 unspecified atom stereocenters. The van der Waals surface area contributed by atoms with E-state index in [0.717, 1.165) is 0 Å². The molecule has 0 aliphatic carbocycles. The Morgan fingerprint density at radius 3 is 2.85 bits per heavy atom. The van der Waals surface area contributed by atoms with Gasteiger partial charge in [-0.3, -0.25) is 0 Å². The van der Waals surface area contributed by atoms with Gasteiger partial charge in [0.05, 0.1) is 6.61 Å². The normalized spacial score (nSPS) is 13.7. The third-order valence-corrected chi connectivity index (χ3v) is 2.57. The lowest BCUT2D eigenvalue weighted by Crippen LogP contribution is -2.45. The second kappa shape index (κ2) is 6.11. The number of rotatable bonds is 5. The predicted molar refractivity (Wildman–Crippen MR) is 68.0 cm³/mol. The van der Waals surface area contributed by atoms with Gasteiger partial charge in [0.15, 0.2) is 17.5 Å². The summed E-state index contributed by atoms with van der Waals surface area (Å²) in [5.74, 6) is -0.0547. The topological polar surface area (TPSA) is 106 Å². The number of nitrogens with one attached hydrogen (secondary N) is 2. The number of hydrogen-bond donors (Lipinski definition) is 3. The first-order valence-electron chi connectivity index (χ1n) is 5.79. The van der Waals surface area contributed by atoms with Crippen LogP contribution < -0.4 is 20.1 Å². The maximum atomic E-state index is 11.7. The van der Waals surface area contributed by atoms with Gasteiger partial charge in [-0.1, -0.05) is 0 Å². The Labute approximate surface area is 114 Å². The summed E-state index contributed by atoms with van der Waals surface area (Å²) in [6.45, 7) is 0.0177. The average Bonchev–Trinajstić information content (AvgIpc) is 2.85. The Balaban J connectivity index is 1.95. The number of urea groups is 1. The lowest BCUT2D eigenvalue weighted by molar-refractivity contribution is -0.140. The van der Waals surface area contributed by atoms with Crippen LogP contribution in [-0.4, -0.2) is 43.7 Å². The van der Waals surface area contributed by atoms with Crippen molar-refractivity contribution >= 4 is 17.7 Å². The van der Waals surface area contributed by atoms with Crippen molar-refractivity contribution in [2.45, 2.75) is 6.04 Å². The molecule has 1 aliphatic heterocycles. The minimum absolute atomic E-state index is 0.121. The second-order valence-corrected chi connectivity index (χ2v) is 4.01. The standard InChI is InChI=1S/C12H14N2O6/c1-18-5-8(11(15)16)14-12(17)13-7-2-3-9-10(4-7)20-6-19-9/h2-4,8H,5-6H2,1H3,(H,15,16)(H2,13,14,17). The zero-order valence-electron chi connectivity index (χ0n) is 10.7. The summed E-state index contributed by atoms with van der Waals surface area (Å²) in [4.78, 5) is 22.6. The number of methoxy groups -OCH3 is 1. The summed E-state index contributed by atoms with van der Waals surface area (Å²) in [6.07, 6.45) is 0. The third-order valence-electron chi connectivity index (χ3n) is 2.57.